The fourth-order valence-electron chi connectivity index (χ4n) is 4.14. The quantitative estimate of drug-likeness (QED) is 0.761. The Morgan fingerprint density at radius 2 is 2.00 bits per heavy atom. The van der Waals surface area contributed by atoms with Gasteiger partial charge < -0.3 is 14.0 Å². The summed E-state index contributed by atoms with van der Waals surface area (Å²) in [5.74, 6) is 1.06. The van der Waals surface area contributed by atoms with E-state index >= 15 is 0 Å². The smallest absolute Gasteiger partial charge is 0.227 e. The van der Waals surface area contributed by atoms with E-state index in [1.165, 1.54) is 0 Å². The number of ketones is 1. The van der Waals surface area contributed by atoms with E-state index < -0.39 is 0 Å². The maximum atomic E-state index is 13.0. The van der Waals surface area contributed by atoms with E-state index in [2.05, 4.69) is 35.5 Å². The van der Waals surface area contributed by atoms with Gasteiger partial charge in [0.25, 0.3) is 0 Å². The van der Waals surface area contributed by atoms with Crippen LogP contribution in [0.2, 0.25) is 0 Å². The molecule has 0 aliphatic heterocycles. The molecule has 0 aromatic carbocycles. The molecule has 1 aliphatic rings. The molecule has 0 saturated heterocycles. The van der Waals surface area contributed by atoms with Gasteiger partial charge in [0.05, 0.1) is 13.0 Å². The highest BCUT2D eigenvalue weighted by Crippen LogP contribution is 2.39. The summed E-state index contributed by atoms with van der Waals surface area (Å²) in [5.41, 5.74) is 3.75. The number of aromatic nitrogens is 3. The lowest BCUT2D eigenvalue weighted by atomic mass is 9.75. The van der Waals surface area contributed by atoms with E-state index in [1.54, 1.807) is 18.9 Å². The molecule has 0 saturated carbocycles. The molecule has 0 atom stereocenters. The zero-order valence-electron chi connectivity index (χ0n) is 17.8. The lowest BCUT2D eigenvalue weighted by Crippen LogP contribution is -2.30. The van der Waals surface area contributed by atoms with E-state index in [4.69, 9.17) is 4.52 Å². The van der Waals surface area contributed by atoms with Gasteiger partial charge in [0.15, 0.2) is 11.6 Å². The Morgan fingerprint density at radius 1 is 1.29 bits per heavy atom. The number of carbonyl (C=O) groups is 2. The third-order valence-electron chi connectivity index (χ3n) is 5.47. The van der Waals surface area contributed by atoms with Crippen LogP contribution in [0.3, 0.4) is 0 Å². The molecule has 1 amide bonds. The molecule has 0 unspecified atom stereocenters. The highest BCUT2D eigenvalue weighted by atomic mass is 16.5. The lowest BCUT2D eigenvalue weighted by molar-refractivity contribution is -0.129. The van der Waals surface area contributed by atoms with Gasteiger partial charge in [0, 0.05) is 43.9 Å². The molecule has 0 bridgehead atoms. The van der Waals surface area contributed by atoms with Crippen molar-refractivity contribution in [3.63, 3.8) is 0 Å². The van der Waals surface area contributed by atoms with Crippen molar-refractivity contribution in [2.24, 2.45) is 5.41 Å². The molecule has 7 nitrogen and oxygen atoms in total. The summed E-state index contributed by atoms with van der Waals surface area (Å²) in [6, 6.07) is 0. The molecule has 0 spiro atoms. The zero-order valence-corrected chi connectivity index (χ0v) is 17.8. The SMILES string of the molecule is CCCn1c(C)c(CC(=O)N(C)Cc2noc(C)n2)c2c1CC(C)(C)CC2=O. The van der Waals surface area contributed by atoms with E-state index in [0.717, 1.165) is 41.9 Å². The van der Waals surface area contributed by atoms with Crippen molar-refractivity contribution in [1.82, 2.24) is 19.6 Å². The summed E-state index contributed by atoms with van der Waals surface area (Å²) < 4.78 is 7.22. The van der Waals surface area contributed by atoms with Crippen molar-refractivity contribution in [3.05, 3.63) is 34.2 Å². The Morgan fingerprint density at radius 3 is 2.61 bits per heavy atom. The number of fused-ring (bicyclic) bond motifs is 1. The van der Waals surface area contributed by atoms with E-state index in [-0.39, 0.29) is 30.1 Å². The second kappa shape index (κ2) is 7.53. The average Bonchev–Trinajstić information content (AvgIpc) is 3.10. The van der Waals surface area contributed by atoms with Gasteiger partial charge in [-0.3, -0.25) is 9.59 Å². The van der Waals surface area contributed by atoms with Crippen LogP contribution in [0.15, 0.2) is 4.52 Å². The molecule has 2 heterocycles. The van der Waals surface area contributed by atoms with Crippen LogP contribution in [-0.2, 0) is 30.7 Å². The van der Waals surface area contributed by atoms with Gasteiger partial charge in [-0.2, -0.15) is 4.98 Å². The number of aryl methyl sites for hydroxylation is 1. The average molecular weight is 386 g/mol. The number of hydrogen-bond donors (Lipinski definition) is 0. The fourth-order valence-corrected chi connectivity index (χ4v) is 4.14. The van der Waals surface area contributed by atoms with Gasteiger partial charge in [0.2, 0.25) is 11.8 Å². The number of hydrogen-bond acceptors (Lipinski definition) is 5. The van der Waals surface area contributed by atoms with Crippen LogP contribution in [-0.4, -0.2) is 38.3 Å². The van der Waals surface area contributed by atoms with Crippen molar-refractivity contribution in [3.8, 4) is 0 Å². The first-order valence-electron chi connectivity index (χ1n) is 9.90. The molecule has 2 aromatic rings. The maximum Gasteiger partial charge on any atom is 0.227 e. The largest absolute Gasteiger partial charge is 0.348 e. The number of likely N-dealkylation sites (N-methyl/N-ethyl adjacent to an activating group) is 1. The second-order valence-corrected chi connectivity index (χ2v) is 8.63. The number of amides is 1. The third kappa shape index (κ3) is 3.88. The summed E-state index contributed by atoms with van der Waals surface area (Å²) in [4.78, 5) is 31.6. The minimum atomic E-state index is -0.0559. The predicted octanol–water partition coefficient (Wildman–Crippen LogP) is 3.25. The van der Waals surface area contributed by atoms with Crippen LogP contribution in [0.5, 0.6) is 0 Å². The highest BCUT2D eigenvalue weighted by molar-refractivity contribution is 6.01. The minimum absolute atomic E-state index is 0.0467. The van der Waals surface area contributed by atoms with Crippen LogP contribution in [0, 0.1) is 19.3 Å². The van der Waals surface area contributed by atoms with Crippen LogP contribution >= 0.6 is 0 Å². The fraction of sp³-hybridized carbons (Fsp3) is 0.619. The van der Waals surface area contributed by atoms with Crippen LogP contribution < -0.4 is 0 Å². The first kappa shape index (κ1) is 20.3. The molecular formula is C21H30N4O3. The molecular weight excluding hydrogens is 356 g/mol. The molecule has 3 rings (SSSR count). The van der Waals surface area contributed by atoms with Gasteiger partial charge >= 0.3 is 0 Å². The lowest BCUT2D eigenvalue weighted by Gasteiger charge is -2.30. The number of rotatable bonds is 6. The Bertz CT molecular complexity index is 907. The Balaban J connectivity index is 1.89. The van der Waals surface area contributed by atoms with Crippen molar-refractivity contribution in [2.45, 2.75) is 73.4 Å². The van der Waals surface area contributed by atoms with Crippen molar-refractivity contribution in [1.29, 1.82) is 0 Å². The van der Waals surface area contributed by atoms with Gasteiger partial charge in [-0.1, -0.05) is 25.9 Å². The first-order valence-corrected chi connectivity index (χ1v) is 9.90. The molecule has 152 valence electrons. The Labute approximate surface area is 166 Å². The van der Waals surface area contributed by atoms with Gasteiger partial charge in [0.1, 0.15) is 0 Å². The Hall–Kier alpha value is -2.44. The van der Waals surface area contributed by atoms with Gasteiger partial charge in [-0.15, -0.1) is 0 Å². The molecule has 0 N–H and O–H groups in total. The summed E-state index contributed by atoms with van der Waals surface area (Å²) in [5, 5.41) is 3.85. The molecule has 1 aliphatic carbocycles. The number of Topliss-reactive ketones (excluding diaryl/α,β-unsaturated/α-hetero) is 1. The van der Waals surface area contributed by atoms with Crippen molar-refractivity contribution < 1.29 is 14.1 Å². The highest BCUT2D eigenvalue weighted by Gasteiger charge is 2.37. The van der Waals surface area contributed by atoms with Gasteiger partial charge in [-0.25, -0.2) is 0 Å². The van der Waals surface area contributed by atoms with E-state index in [9.17, 15) is 9.59 Å². The summed E-state index contributed by atoms with van der Waals surface area (Å²) in [6.45, 7) is 11.3. The standard InChI is InChI=1S/C21H30N4O3/c1-7-8-25-13(2)15(20-16(25)10-21(4,5)11-17(20)26)9-19(27)24(6)12-18-22-14(3)28-23-18/h7-12H2,1-6H3. The van der Waals surface area contributed by atoms with Gasteiger partial charge in [-0.05, 0) is 30.7 Å². The topological polar surface area (TPSA) is 81.2 Å². The monoisotopic (exact) mass is 386 g/mol. The van der Waals surface area contributed by atoms with Crippen molar-refractivity contribution in [2.75, 3.05) is 7.05 Å². The molecule has 0 fully saturated rings. The Kier molecular flexibility index (Phi) is 5.46. The van der Waals surface area contributed by atoms with Crippen LogP contribution in [0.4, 0.5) is 0 Å². The van der Waals surface area contributed by atoms with E-state index in [1.807, 2.05) is 6.92 Å². The first-order chi connectivity index (χ1) is 13.1. The van der Waals surface area contributed by atoms with Crippen LogP contribution in [0.1, 0.15) is 72.6 Å². The molecule has 2 aromatic heterocycles. The maximum absolute atomic E-state index is 13.0. The van der Waals surface area contributed by atoms with Crippen LogP contribution in [0.25, 0.3) is 0 Å². The normalized spacial score (nSPS) is 15.6. The summed E-state index contributed by atoms with van der Waals surface area (Å²) in [7, 11) is 1.73. The summed E-state index contributed by atoms with van der Waals surface area (Å²) >= 11 is 0. The number of nitrogens with zero attached hydrogens (tertiary/aromatic N) is 4. The van der Waals surface area contributed by atoms with Crippen molar-refractivity contribution >= 4 is 11.7 Å². The predicted molar refractivity (Wildman–Crippen MR) is 105 cm³/mol. The third-order valence-corrected chi connectivity index (χ3v) is 5.47. The summed E-state index contributed by atoms with van der Waals surface area (Å²) in [6.07, 6.45) is 2.58. The number of carbonyl (C=O) groups excluding carboxylic acids is 2. The molecule has 28 heavy (non-hydrogen) atoms. The molecule has 7 heteroatoms. The van der Waals surface area contributed by atoms with E-state index in [0.29, 0.717) is 18.1 Å². The zero-order chi connectivity index (χ0) is 20.6. The molecule has 0 radical (unpaired) electrons. The minimum Gasteiger partial charge on any atom is -0.348 e. The second-order valence-electron chi connectivity index (χ2n) is 8.63.